The molecule has 2 heterocycles. The van der Waals surface area contributed by atoms with Crippen molar-refractivity contribution in [1.82, 2.24) is 9.38 Å². The zero-order valence-electron chi connectivity index (χ0n) is 15.9. The Morgan fingerprint density at radius 3 is 2.74 bits per heavy atom. The largest absolute Gasteiger partial charge is 0.456 e. The first-order valence-corrected chi connectivity index (χ1v) is 12.2. The summed E-state index contributed by atoms with van der Waals surface area (Å²) in [4.78, 5) is 5.17. The van der Waals surface area contributed by atoms with Crippen molar-refractivity contribution in [2.75, 3.05) is 4.72 Å². The summed E-state index contributed by atoms with van der Waals surface area (Å²) in [6.45, 7) is 0. The number of thiazole rings is 1. The van der Waals surface area contributed by atoms with E-state index in [9.17, 15) is 4.21 Å². The van der Waals surface area contributed by atoms with E-state index >= 15 is 0 Å². The minimum atomic E-state index is -1.56. The number of aromatic nitrogens is 2. The molecule has 3 aromatic carbocycles. The Balaban J connectivity index is 1.37. The zero-order valence-corrected chi connectivity index (χ0v) is 19.1. The van der Waals surface area contributed by atoms with Gasteiger partial charge in [0, 0.05) is 17.3 Å². The lowest BCUT2D eigenvalue weighted by molar-refractivity contribution is 0.484. The molecule has 1 unspecified atom stereocenters. The fraction of sp³-hybridized carbons (Fsp3) is 0.0455. The summed E-state index contributed by atoms with van der Waals surface area (Å²) < 4.78 is 23.7. The van der Waals surface area contributed by atoms with E-state index in [1.54, 1.807) is 22.6 Å². The number of imidazole rings is 1. The number of rotatable bonds is 6. The van der Waals surface area contributed by atoms with E-state index in [2.05, 4.69) is 9.71 Å². The van der Waals surface area contributed by atoms with E-state index in [0.29, 0.717) is 32.9 Å². The van der Waals surface area contributed by atoms with Gasteiger partial charge in [-0.05, 0) is 41.1 Å². The molecule has 2 aromatic heterocycles. The van der Waals surface area contributed by atoms with Gasteiger partial charge in [-0.25, -0.2) is 9.19 Å². The third-order valence-electron chi connectivity index (χ3n) is 4.68. The van der Waals surface area contributed by atoms with Crippen molar-refractivity contribution in [2.45, 2.75) is 10.9 Å². The summed E-state index contributed by atoms with van der Waals surface area (Å²) in [6, 6.07) is 19.1. The minimum Gasteiger partial charge on any atom is -0.456 e. The first-order valence-electron chi connectivity index (χ1n) is 9.27. The van der Waals surface area contributed by atoms with Gasteiger partial charge in [-0.15, -0.1) is 22.9 Å². The van der Waals surface area contributed by atoms with Gasteiger partial charge in [-0.1, -0.05) is 41.9 Å². The predicted molar refractivity (Wildman–Crippen MR) is 128 cm³/mol. The third kappa shape index (κ3) is 4.02. The number of anilines is 1. The van der Waals surface area contributed by atoms with Crippen LogP contribution in [0.15, 0.2) is 77.3 Å². The molecule has 0 amide bonds. The van der Waals surface area contributed by atoms with E-state index < -0.39 is 11.0 Å². The molecule has 1 N–H and O–H groups in total. The Kier molecular flexibility index (Phi) is 5.58. The molecule has 5 rings (SSSR count). The van der Waals surface area contributed by atoms with Crippen LogP contribution in [-0.4, -0.2) is 13.6 Å². The van der Waals surface area contributed by atoms with Gasteiger partial charge in [-0.3, -0.25) is 9.12 Å². The van der Waals surface area contributed by atoms with Crippen LogP contribution in [0, 0.1) is 0 Å². The maximum Gasteiger partial charge on any atom is 0.194 e. The second kappa shape index (κ2) is 8.51. The number of nitrogens with zero attached hydrogens (tertiary/aromatic N) is 2. The predicted octanol–water partition coefficient (Wildman–Crippen LogP) is 6.87. The smallest absolute Gasteiger partial charge is 0.194 e. The highest BCUT2D eigenvalue weighted by Gasteiger charge is 2.19. The molecule has 0 aliphatic heterocycles. The van der Waals surface area contributed by atoms with Crippen molar-refractivity contribution in [2.24, 2.45) is 0 Å². The van der Waals surface area contributed by atoms with Crippen molar-refractivity contribution in [3.05, 3.63) is 83.0 Å². The molecule has 0 aliphatic rings. The molecule has 0 saturated carbocycles. The van der Waals surface area contributed by atoms with Gasteiger partial charge < -0.3 is 4.74 Å². The molecule has 0 bridgehead atoms. The van der Waals surface area contributed by atoms with Gasteiger partial charge in [-0.2, -0.15) is 0 Å². The number of fused-ring (bicyclic) bond motifs is 2. The molecule has 1 atom stereocenters. The molecule has 5 aromatic rings. The Bertz CT molecular complexity index is 1430. The van der Waals surface area contributed by atoms with E-state index in [4.69, 9.17) is 27.9 Å². The van der Waals surface area contributed by atoms with Crippen LogP contribution in [0.25, 0.3) is 15.7 Å². The second-order valence-corrected chi connectivity index (χ2v) is 9.36. The van der Waals surface area contributed by atoms with E-state index in [1.807, 2.05) is 54.0 Å². The molecule has 0 aliphatic carbocycles. The topological polar surface area (TPSA) is 55.6 Å². The average Bonchev–Trinajstić information content (AvgIpc) is 3.36. The number of alkyl halides is 1. The van der Waals surface area contributed by atoms with Crippen LogP contribution in [0.2, 0.25) is 5.02 Å². The normalized spacial score (nSPS) is 12.3. The van der Waals surface area contributed by atoms with Crippen molar-refractivity contribution >= 4 is 66.9 Å². The number of halogens is 2. The van der Waals surface area contributed by atoms with E-state index in [-0.39, 0.29) is 5.88 Å². The zero-order chi connectivity index (χ0) is 21.4. The number of hydrogen-bond donors (Lipinski definition) is 1. The number of hydrogen-bond acceptors (Lipinski definition) is 4. The monoisotopic (exact) mass is 487 g/mol. The molecule has 0 saturated heterocycles. The lowest BCUT2D eigenvalue weighted by Crippen LogP contribution is -2.09. The molecule has 31 heavy (non-hydrogen) atoms. The van der Waals surface area contributed by atoms with Crippen LogP contribution in [0.1, 0.15) is 5.69 Å². The lowest BCUT2D eigenvalue weighted by atomic mass is 10.1. The highest BCUT2D eigenvalue weighted by molar-refractivity contribution is 7.86. The summed E-state index contributed by atoms with van der Waals surface area (Å²) in [6.07, 6.45) is 1.82. The first-order chi connectivity index (χ1) is 15.1. The standard InChI is InChI=1S/C22H15Cl2N3O2S2/c23-13-19-21(27-9-10-30-22(27)25-19)31(28)26-16-6-8-20(18(24)12-16)29-17-7-5-14-3-1-2-4-15(14)11-17/h1-12,26H,13H2. The van der Waals surface area contributed by atoms with Crippen molar-refractivity contribution < 1.29 is 8.95 Å². The number of ether oxygens (including phenoxy) is 1. The van der Waals surface area contributed by atoms with Crippen molar-refractivity contribution in [3.8, 4) is 11.5 Å². The summed E-state index contributed by atoms with van der Waals surface area (Å²) in [5, 5.41) is 5.04. The number of benzene rings is 3. The SMILES string of the molecule is O=S(Nc1ccc(Oc2ccc3ccccc3c2)c(Cl)c1)c1c(CCl)nc2sccn12. The Morgan fingerprint density at radius 2 is 1.94 bits per heavy atom. The third-order valence-corrected chi connectivity index (χ3v) is 7.19. The highest BCUT2D eigenvalue weighted by atomic mass is 35.5. The molecular formula is C22H15Cl2N3O2S2. The summed E-state index contributed by atoms with van der Waals surface area (Å²) in [7, 11) is -1.56. The van der Waals surface area contributed by atoms with Crippen LogP contribution in [0.3, 0.4) is 0 Å². The van der Waals surface area contributed by atoms with Crippen LogP contribution >= 0.6 is 34.5 Å². The number of nitrogens with one attached hydrogen (secondary N) is 1. The van der Waals surface area contributed by atoms with Crippen molar-refractivity contribution in [1.29, 1.82) is 0 Å². The van der Waals surface area contributed by atoms with E-state index in [1.165, 1.54) is 11.3 Å². The second-order valence-electron chi connectivity index (χ2n) is 6.68. The van der Waals surface area contributed by atoms with Gasteiger partial charge in [0.05, 0.1) is 16.6 Å². The maximum atomic E-state index is 13.0. The van der Waals surface area contributed by atoms with Crippen LogP contribution in [-0.2, 0) is 16.9 Å². The fourth-order valence-corrected chi connectivity index (χ4v) is 5.62. The average molecular weight is 488 g/mol. The quantitative estimate of drug-likeness (QED) is 0.266. The minimum absolute atomic E-state index is 0.177. The highest BCUT2D eigenvalue weighted by Crippen LogP contribution is 2.33. The molecule has 0 radical (unpaired) electrons. The van der Waals surface area contributed by atoms with Gasteiger partial charge in [0.1, 0.15) is 11.5 Å². The Labute approximate surface area is 194 Å². The summed E-state index contributed by atoms with van der Waals surface area (Å²) in [5.41, 5.74) is 1.18. The molecule has 0 fully saturated rings. The molecule has 0 spiro atoms. The summed E-state index contributed by atoms with van der Waals surface area (Å²) >= 11 is 13.9. The van der Waals surface area contributed by atoms with Crippen LogP contribution < -0.4 is 9.46 Å². The van der Waals surface area contributed by atoms with Gasteiger partial charge >= 0.3 is 0 Å². The van der Waals surface area contributed by atoms with Crippen LogP contribution in [0.5, 0.6) is 11.5 Å². The Morgan fingerprint density at radius 1 is 1.10 bits per heavy atom. The first kappa shape index (κ1) is 20.3. The van der Waals surface area contributed by atoms with E-state index in [0.717, 1.165) is 15.7 Å². The lowest BCUT2D eigenvalue weighted by Gasteiger charge is -2.11. The van der Waals surface area contributed by atoms with Gasteiger partial charge in [0.25, 0.3) is 0 Å². The maximum absolute atomic E-state index is 13.0. The van der Waals surface area contributed by atoms with Crippen molar-refractivity contribution in [3.63, 3.8) is 0 Å². The molecule has 156 valence electrons. The molecule has 9 heteroatoms. The summed E-state index contributed by atoms with van der Waals surface area (Å²) in [5.74, 6) is 1.38. The molecular weight excluding hydrogens is 473 g/mol. The fourth-order valence-electron chi connectivity index (χ4n) is 3.25. The van der Waals surface area contributed by atoms with Gasteiger partial charge in [0.15, 0.2) is 21.0 Å². The van der Waals surface area contributed by atoms with Crippen LogP contribution in [0.4, 0.5) is 5.69 Å². The Hall–Kier alpha value is -2.58. The van der Waals surface area contributed by atoms with Gasteiger partial charge in [0.2, 0.25) is 0 Å². The molecule has 5 nitrogen and oxygen atoms in total.